The molecule has 0 aliphatic carbocycles. The first kappa shape index (κ1) is 17.2. The Labute approximate surface area is 148 Å². The third-order valence-electron chi connectivity index (χ3n) is 4.04. The highest BCUT2D eigenvalue weighted by Gasteiger charge is 2.17. The largest absolute Gasteiger partial charge is 0.497 e. The van der Waals surface area contributed by atoms with Crippen molar-refractivity contribution < 1.29 is 9.53 Å². The molecule has 0 saturated carbocycles. The highest BCUT2D eigenvalue weighted by atomic mass is 32.1. The number of rotatable bonds is 6. The molecule has 0 radical (unpaired) electrons. The molecule has 25 heavy (non-hydrogen) atoms. The van der Waals surface area contributed by atoms with E-state index >= 15 is 0 Å². The zero-order valence-electron chi connectivity index (χ0n) is 14.1. The average Bonchev–Trinajstić information content (AvgIpc) is 2.93. The fourth-order valence-corrected chi connectivity index (χ4v) is 3.85. The quantitative estimate of drug-likeness (QED) is 0.735. The standard InChI is InChI=1S/C18H19N3O3S/c1-11-15(12-5-3-6-13(9-12)24-2)16-17(25-11)20-10-21(18(16)23)8-4-7-14(19)22/h3,5-6,9-10H,4,7-8H2,1-2H3,(H2,19,22). The fourth-order valence-electron chi connectivity index (χ4n) is 2.85. The van der Waals surface area contributed by atoms with E-state index in [2.05, 4.69) is 4.98 Å². The summed E-state index contributed by atoms with van der Waals surface area (Å²) in [6, 6.07) is 7.64. The van der Waals surface area contributed by atoms with Crippen molar-refractivity contribution >= 4 is 27.5 Å². The lowest BCUT2D eigenvalue weighted by molar-refractivity contribution is -0.118. The number of amides is 1. The van der Waals surface area contributed by atoms with Crippen molar-refractivity contribution in [1.82, 2.24) is 9.55 Å². The summed E-state index contributed by atoms with van der Waals surface area (Å²) in [5.74, 6) is 0.368. The molecule has 2 aromatic heterocycles. The number of thiophene rings is 1. The number of fused-ring (bicyclic) bond motifs is 1. The number of hydrogen-bond acceptors (Lipinski definition) is 5. The molecule has 0 aliphatic rings. The lowest BCUT2D eigenvalue weighted by Gasteiger charge is -2.07. The number of hydrogen-bond donors (Lipinski definition) is 1. The van der Waals surface area contributed by atoms with Gasteiger partial charge in [0, 0.05) is 23.4 Å². The number of carbonyl (C=O) groups is 1. The predicted octanol–water partition coefficient (Wildman–Crippen LogP) is 2.71. The van der Waals surface area contributed by atoms with Gasteiger partial charge in [-0.3, -0.25) is 14.2 Å². The summed E-state index contributed by atoms with van der Waals surface area (Å²) in [6.07, 6.45) is 2.30. The maximum absolute atomic E-state index is 12.9. The molecule has 0 atom stereocenters. The van der Waals surface area contributed by atoms with Crippen molar-refractivity contribution in [3.8, 4) is 16.9 Å². The average molecular weight is 357 g/mol. The van der Waals surface area contributed by atoms with Crippen LogP contribution < -0.4 is 16.0 Å². The second-order valence-electron chi connectivity index (χ2n) is 5.76. The second-order valence-corrected chi connectivity index (χ2v) is 6.96. The number of methoxy groups -OCH3 is 1. The minimum atomic E-state index is -0.370. The van der Waals surface area contributed by atoms with Crippen LogP contribution in [0.25, 0.3) is 21.3 Å². The van der Waals surface area contributed by atoms with Gasteiger partial charge in [0.2, 0.25) is 5.91 Å². The Balaban J connectivity index is 2.10. The van der Waals surface area contributed by atoms with E-state index in [4.69, 9.17) is 10.5 Å². The van der Waals surface area contributed by atoms with Crippen LogP contribution in [-0.2, 0) is 11.3 Å². The van der Waals surface area contributed by atoms with Gasteiger partial charge in [-0.2, -0.15) is 0 Å². The number of ether oxygens (including phenoxy) is 1. The number of benzene rings is 1. The van der Waals surface area contributed by atoms with Gasteiger partial charge in [0.25, 0.3) is 5.56 Å². The van der Waals surface area contributed by atoms with E-state index < -0.39 is 0 Å². The highest BCUT2D eigenvalue weighted by Crippen LogP contribution is 2.36. The van der Waals surface area contributed by atoms with E-state index in [9.17, 15) is 9.59 Å². The summed E-state index contributed by atoms with van der Waals surface area (Å²) < 4.78 is 6.84. The molecule has 2 heterocycles. The number of primary amides is 1. The third-order valence-corrected chi connectivity index (χ3v) is 5.05. The Kier molecular flexibility index (Phi) is 4.85. The van der Waals surface area contributed by atoms with E-state index in [1.807, 2.05) is 31.2 Å². The molecule has 0 saturated heterocycles. The smallest absolute Gasteiger partial charge is 0.262 e. The monoisotopic (exact) mass is 357 g/mol. The molecule has 0 bridgehead atoms. The van der Waals surface area contributed by atoms with Crippen LogP contribution in [0.3, 0.4) is 0 Å². The first-order chi connectivity index (χ1) is 12.0. The Morgan fingerprint density at radius 2 is 2.20 bits per heavy atom. The molecule has 0 unspecified atom stereocenters. The van der Waals surface area contributed by atoms with Crippen LogP contribution >= 0.6 is 11.3 Å². The zero-order chi connectivity index (χ0) is 18.0. The number of nitrogens with zero attached hydrogens (tertiary/aromatic N) is 2. The summed E-state index contributed by atoms with van der Waals surface area (Å²) in [5.41, 5.74) is 6.88. The first-order valence-electron chi connectivity index (χ1n) is 7.92. The van der Waals surface area contributed by atoms with Crippen LogP contribution in [0.2, 0.25) is 0 Å². The molecular formula is C18H19N3O3S. The van der Waals surface area contributed by atoms with Crippen molar-refractivity contribution in [2.24, 2.45) is 5.73 Å². The first-order valence-corrected chi connectivity index (χ1v) is 8.74. The van der Waals surface area contributed by atoms with E-state index in [0.717, 1.165) is 21.8 Å². The van der Waals surface area contributed by atoms with Crippen LogP contribution in [0.15, 0.2) is 35.4 Å². The highest BCUT2D eigenvalue weighted by molar-refractivity contribution is 7.19. The van der Waals surface area contributed by atoms with Crippen LogP contribution in [-0.4, -0.2) is 22.6 Å². The molecule has 2 N–H and O–H groups in total. The number of nitrogens with two attached hydrogens (primary N) is 1. The summed E-state index contributed by atoms with van der Waals surface area (Å²) >= 11 is 1.50. The molecule has 0 spiro atoms. The molecule has 3 aromatic rings. The molecule has 130 valence electrons. The van der Waals surface area contributed by atoms with Gasteiger partial charge in [-0.1, -0.05) is 12.1 Å². The van der Waals surface area contributed by atoms with Crippen molar-refractivity contribution in [2.75, 3.05) is 7.11 Å². The maximum Gasteiger partial charge on any atom is 0.262 e. The summed E-state index contributed by atoms with van der Waals surface area (Å²) in [6.45, 7) is 2.40. The maximum atomic E-state index is 12.9. The van der Waals surface area contributed by atoms with Gasteiger partial charge >= 0.3 is 0 Å². The normalized spacial score (nSPS) is 11.0. The summed E-state index contributed by atoms with van der Waals surface area (Å²) in [5, 5.41) is 0.609. The Bertz CT molecular complexity index is 991. The topological polar surface area (TPSA) is 87.2 Å². The van der Waals surface area contributed by atoms with Crippen LogP contribution in [0.1, 0.15) is 17.7 Å². The van der Waals surface area contributed by atoms with Gasteiger partial charge in [0.05, 0.1) is 18.8 Å². The Morgan fingerprint density at radius 1 is 1.40 bits per heavy atom. The minimum Gasteiger partial charge on any atom is -0.497 e. The molecule has 3 rings (SSSR count). The molecule has 1 aromatic carbocycles. The van der Waals surface area contributed by atoms with Gasteiger partial charge in [-0.05, 0) is 31.0 Å². The van der Waals surface area contributed by atoms with Gasteiger partial charge in [0.15, 0.2) is 0 Å². The lowest BCUT2D eigenvalue weighted by atomic mass is 10.0. The SMILES string of the molecule is COc1cccc(-c2c(C)sc3ncn(CCCC(N)=O)c(=O)c23)c1. The van der Waals surface area contributed by atoms with Gasteiger partial charge in [0.1, 0.15) is 10.6 Å². The molecule has 1 amide bonds. The van der Waals surface area contributed by atoms with Gasteiger partial charge in [-0.25, -0.2) is 4.98 Å². The van der Waals surface area contributed by atoms with Crippen molar-refractivity contribution in [1.29, 1.82) is 0 Å². The summed E-state index contributed by atoms with van der Waals surface area (Å²) in [7, 11) is 1.62. The van der Waals surface area contributed by atoms with Crippen LogP contribution in [0.4, 0.5) is 0 Å². The van der Waals surface area contributed by atoms with Crippen molar-refractivity contribution in [3.63, 3.8) is 0 Å². The third kappa shape index (κ3) is 3.41. The van der Waals surface area contributed by atoms with Crippen molar-refractivity contribution in [2.45, 2.75) is 26.3 Å². The van der Waals surface area contributed by atoms with Crippen molar-refractivity contribution in [3.05, 3.63) is 45.8 Å². The van der Waals surface area contributed by atoms with Gasteiger partial charge < -0.3 is 10.5 Å². The minimum absolute atomic E-state index is 0.100. The Morgan fingerprint density at radius 3 is 2.92 bits per heavy atom. The second kappa shape index (κ2) is 7.06. The molecule has 6 nitrogen and oxygen atoms in total. The Hall–Kier alpha value is -2.67. The van der Waals surface area contributed by atoms with Crippen LogP contribution in [0.5, 0.6) is 5.75 Å². The van der Waals surface area contributed by atoms with E-state index in [0.29, 0.717) is 23.2 Å². The molecule has 7 heteroatoms. The predicted molar refractivity (Wildman–Crippen MR) is 99.0 cm³/mol. The van der Waals surface area contributed by atoms with E-state index in [-0.39, 0.29) is 17.9 Å². The number of aryl methyl sites for hydroxylation is 2. The summed E-state index contributed by atoms with van der Waals surface area (Å²) in [4.78, 5) is 30.0. The fraction of sp³-hybridized carbons (Fsp3) is 0.278. The zero-order valence-corrected chi connectivity index (χ0v) is 14.9. The van der Waals surface area contributed by atoms with E-state index in [1.165, 1.54) is 17.7 Å². The van der Waals surface area contributed by atoms with Crippen LogP contribution in [0, 0.1) is 6.92 Å². The van der Waals surface area contributed by atoms with E-state index in [1.54, 1.807) is 11.7 Å². The number of aromatic nitrogens is 2. The molecule has 0 fully saturated rings. The van der Waals surface area contributed by atoms with Gasteiger partial charge in [-0.15, -0.1) is 11.3 Å². The lowest BCUT2D eigenvalue weighted by Crippen LogP contribution is -2.21. The molecule has 0 aliphatic heterocycles. The number of carbonyl (C=O) groups excluding carboxylic acids is 1. The molecular weight excluding hydrogens is 338 g/mol.